The van der Waals surface area contributed by atoms with Crippen LogP contribution in [0.1, 0.15) is 32.3 Å². The van der Waals surface area contributed by atoms with Gasteiger partial charge in [0.25, 0.3) is 0 Å². The zero-order valence-electron chi connectivity index (χ0n) is 18.0. The number of nitrogens with zero attached hydrogens (tertiary/aromatic N) is 1. The number of hydrogen-bond donors (Lipinski definition) is 3. The number of para-hydroxylation sites is 1. The summed E-state index contributed by atoms with van der Waals surface area (Å²) < 4.78 is 5.68. The molecule has 7 heteroatoms. The lowest BCUT2D eigenvalue weighted by molar-refractivity contribution is -0.116. The number of benzene rings is 2. The number of carbonyl (C=O) groups is 1. The van der Waals surface area contributed by atoms with Gasteiger partial charge < -0.3 is 20.7 Å². The summed E-state index contributed by atoms with van der Waals surface area (Å²) in [6.07, 6.45) is 1.39. The molecule has 0 aliphatic carbocycles. The van der Waals surface area contributed by atoms with Crippen LogP contribution in [0.3, 0.4) is 0 Å². The zero-order chi connectivity index (χ0) is 20.9. The maximum Gasteiger partial charge on any atom is 0.224 e. The lowest BCUT2D eigenvalue weighted by Crippen LogP contribution is -2.37. The Morgan fingerprint density at radius 2 is 1.83 bits per heavy atom. The number of nitrogens with one attached hydrogen (secondary N) is 3. The van der Waals surface area contributed by atoms with Crippen LogP contribution in [0.25, 0.3) is 0 Å². The van der Waals surface area contributed by atoms with E-state index in [2.05, 4.69) is 20.9 Å². The smallest absolute Gasteiger partial charge is 0.224 e. The van der Waals surface area contributed by atoms with Gasteiger partial charge in [-0.25, -0.2) is 0 Å². The molecule has 0 unspecified atom stereocenters. The summed E-state index contributed by atoms with van der Waals surface area (Å²) in [5.74, 6) is 2.00. The first-order valence-corrected chi connectivity index (χ1v) is 10.1. The van der Waals surface area contributed by atoms with Gasteiger partial charge in [-0.1, -0.05) is 44.2 Å². The summed E-state index contributed by atoms with van der Waals surface area (Å²) in [7, 11) is 1.75. The largest absolute Gasteiger partial charge is 0.494 e. The molecule has 6 nitrogen and oxygen atoms in total. The molecule has 0 aromatic heterocycles. The van der Waals surface area contributed by atoms with Crippen LogP contribution in [0, 0.1) is 5.92 Å². The fraction of sp³-hybridized carbons (Fsp3) is 0.391. The van der Waals surface area contributed by atoms with Crippen LogP contribution < -0.4 is 20.7 Å². The van der Waals surface area contributed by atoms with E-state index in [0.717, 1.165) is 35.9 Å². The molecule has 0 aliphatic rings. The van der Waals surface area contributed by atoms with Gasteiger partial charge in [-0.05, 0) is 42.2 Å². The maximum atomic E-state index is 11.9. The quantitative estimate of drug-likeness (QED) is 0.186. The Morgan fingerprint density at radius 3 is 2.53 bits per heavy atom. The van der Waals surface area contributed by atoms with Crippen LogP contribution in [0.15, 0.2) is 59.6 Å². The molecule has 30 heavy (non-hydrogen) atoms. The molecular weight excluding hydrogens is 491 g/mol. The van der Waals surface area contributed by atoms with Crippen LogP contribution in [0.4, 0.5) is 5.69 Å². The average Bonchev–Trinajstić information content (AvgIpc) is 2.70. The van der Waals surface area contributed by atoms with Crippen molar-refractivity contribution in [3.8, 4) is 5.75 Å². The number of anilines is 1. The van der Waals surface area contributed by atoms with E-state index in [9.17, 15) is 4.79 Å². The van der Waals surface area contributed by atoms with Gasteiger partial charge in [-0.2, -0.15) is 0 Å². The molecule has 2 aromatic carbocycles. The van der Waals surface area contributed by atoms with E-state index < -0.39 is 0 Å². The first kappa shape index (κ1) is 25.7. The number of ether oxygens (including phenoxy) is 1. The number of amides is 1. The van der Waals surface area contributed by atoms with E-state index in [4.69, 9.17) is 4.74 Å². The highest BCUT2D eigenvalue weighted by atomic mass is 127. The zero-order valence-corrected chi connectivity index (χ0v) is 20.3. The SMILES string of the molecule is CN=C(NCCCOc1ccccc1)NCc1cccc(NC(=O)CC(C)C)c1.I. The monoisotopic (exact) mass is 524 g/mol. The minimum Gasteiger partial charge on any atom is -0.494 e. The van der Waals surface area contributed by atoms with Gasteiger partial charge in [0.05, 0.1) is 6.61 Å². The number of hydrogen-bond acceptors (Lipinski definition) is 3. The third-order valence-electron chi connectivity index (χ3n) is 4.11. The predicted octanol–water partition coefficient (Wildman–Crippen LogP) is 4.42. The van der Waals surface area contributed by atoms with Crippen LogP contribution in [0.2, 0.25) is 0 Å². The second kappa shape index (κ2) is 14.7. The lowest BCUT2D eigenvalue weighted by Gasteiger charge is -2.13. The molecule has 3 N–H and O–H groups in total. The number of aliphatic imine (C=N–C) groups is 1. The van der Waals surface area contributed by atoms with E-state index in [-0.39, 0.29) is 29.9 Å². The first-order chi connectivity index (χ1) is 14.1. The average molecular weight is 524 g/mol. The van der Waals surface area contributed by atoms with Crippen molar-refractivity contribution in [2.75, 3.05) is 25.5 Å². The summed E-state index contributed by atoms with van der Waals surface area (Å²) in [6, 6.07) is 17.6. The predicted molar refractivity (Wildman–Crippen MR) is 135 cm³/mol. The Morgan fingerprint density at radius 1 is 1.07 bits per heavy atom. The van der Waals surface area contributed by atoms with E-state index in [1.807, 2.05) is 68.4 Å². The number of rotatable bonds is 10. The summed E-state index contributed by atoms with van der Waals surface area (Å²) in [6.45, 7) is 6.09. The van der Waals surface area contributed by atoms with E-state index in [1.165, 1.54) is 0 Å². The van der Waals surface area contributed by atoms with Crippen molar-refractivity contribution in [3.05, 3.63) is 60.2 Å². The van der Waals surface area contributed by atoms with Crippen molar-refractivity contribution in [2.45, 2.75) is 33.2 Å². The van der Waals surface area contributed by atoms with Crippen LogP contribution in [-0.4, -0.2) is 32.1 Å². The van der Waals surface area contributed by atoms with E-state index >= 15 is 0 Å². The van der Waals surface area contributed by atoms with Gasteiger partial charge in [0, 0.05) is 32.2 Å². The lowest BCUT2D eigenvalue weighted by atomic mass is 10.1. The molecule has 2 rings (SSSR count). The molecule has 0 atom stereocenters. The molecule has 0 heterocycles. The molecule has 0 aliphatic heterocycles. The fourth-order valence-corrected chi connectivity index (χ4v) is 2.73. The topological polar surface area (TPSA) is 74.8 Å². The molecule has 164 valence electrons. The Balaban J connectivity index is 0.00000450. The Labute approximate surface area is 196 Å². The number of halogens is 1. The van der Waals surface area contributed by atoms with Gasteiger partial charge in [0.2, 0.25) is 5.91 Å². The third-order valence-corrected chi connectivity index (χ3v) is 4.11. The second-order valence-electron chi connectivity index (χ2n) is 7.21. The van der Waals surface area contributed by atoms with Crippen molar-refractivity contribution < 1.29 is 9.53 Å². The van der Waals surface area contributed by atoms with Gasteiger partial charge >= 0.3 is 0 Å². The van der Waals surface area contributed by atoms with Crippen molar-refractivity contribution in [1.82, 2.24) is 10.6 Å². The summed E-state index contributed by atoms with van der Waals surface area (Å²) in [5, 5.41) is 9.53. The molecule has 2 aromatic rings. The normalized spacial score (nSPS) is 10.9. The van der Waals surface area contributed by atoms with E-state index in [1.54, 1.807) is 7.05 Å². The summed E-state index contributed by atoms with van der Waals surface area (Å²) in [5.41, 5.74) is 1.89. The van der Waals surface area contributed by atoms with Crippen molar-refractivity contribution >= 4 is 41.5 Å². The van der Waals surface area contributed by atoms with Crippen LogP contribution in [-0.2, 0) is 11.3 Å². The van der Waals surface area contributed by atoms with Gasteiger partial charge in [-0.3, -0.25) is 9.79 Å². The Bertz CT molecular complexity index is 782. The second-order valence-corrected chi connectivity index (χ2v) is 7.21. The van der Waals surface area contributed by atoms with Crippen molar-refractivity contribution in [1.29, 1.82) is 0 Å². The summed E-state index contributed by atoms with van der Waals surface area (Å²) >= 11 is 0. The number of carbonyl (C=O) groups excluding carboxylic acids is 1. The highest BCUT2D eigenvalue weighted by Crippen LogP contribution is 2.12. The minimum absolute atomic E-state index is 0. The van der Waals surface area contributed by atoms with Gasteiger partial charge in [0.15, 0.2) is 5.96 Å². The molecular formula is C23H33IN4O2. The molecule has 0 spiro atoms. The van der Waals surface area contributed by atoms with Gasteiger partial charge in [-0.15, -0.1) is 24.0 Å². The molecule has 0 bridgehead atoms. The van der Waals surface area contributed by atoms with Crippen LogP contribution in [0.5, 0.6) is 5.75 Å². The molecule has 0 radical (unpaired) electrons. The molecule has 0 fully saturated rings. The Kier molecular flexibility index (Phi) is 12.6. The minimum atomic E-state index is 0. The first-order valence-electron chi connectivity index (χ1n) is 10.1. The molecule has 1 amide bonds. The highest BCUT2D eigenvalue weighted by molar-refractivity contribution is 14.0. The Hall–Kier alpha value is -2.29. The van der Waals surface area contributed by atoms with Crippen molar-refractivity contribution in [3.63, 3.8) is 0 Å². The van der Waals surface area contributed by atoms with Gasteiger partial charge in [0.1, 0.15) is 5.75 Å². The summed E-state index contributed by atoms with van der Waals surface area (Å²) in [4.78, 5) is 16.2. The molecule has 0 saturated heterocycles. The molecule has 0 saturated carbocycles. The fourth-order valence-electron chi connectivity index (χ4n) is 2.73. The maximum absolute atomic E-state index is 11.9. The number of guanidine groups is 1. The standard InChI is InChI=1S/C23H32N4O2.HI/c1-18(2)15-22(28)27-20-10-7-9-19(16-20)17-26-23(24-3)25-13-8-14-29-21-11-5-4-6-12-21;/h4-7,9-12,16,18H,8,13-15,17H2,1-3H3,(H,27,28)(H2,24,25,26);1H. The highest BCUT2D eigenvalue weighted by Gasteiger charge is 2.06. The van der Waals surface area contributed by atoms with Crippen LogP contribution >= 0.6 is 24.0 Å². The third kappa shape index (κ3) is 10.5. The van der Waals surface area contributed by atoms with Crippen molar-refractivity contribution in [2.24, 2.45) is 10.9 Å². The van der Waals surface area contributed by atoms with E-state index in [0.29, 0.717) is 25.5 Å².